The largest absolute Gasteiger partial charge is 0.204 e. The first-order valence-electron chi connectivity index (χ1n) is 2.35. The van der Waals surface area contributed by atoms with E-state index in [1.165, 1.54) is 12.1 Å². The Morgan fingerprint density at radius 1 is 1.22 bits per heavy atom. The number of hydrogen-bond donors (Lipinski definition) is 0. The van der Waals surface area contributed by atoms with Crippen molar-refractivity contribution in [1.82, 2.24) is 0 Å². The Balaban J connectivity index is 3.25. The van der Waals surface area contributed by atoms with Gasteiger partial charge in [0, 0.05) is 5.30 Å². The van der Waals surface area contributed by atoms with E-state index in [4.69, 9.17) is 0 Å². The first-order chi connectivity index (χ1) is 4.22. The molecule has 0 aromatic heterocycles. The van der Waals surface area contributed by atoms with E-state index in [0.717, 1.165) is 6.07 Å². The van der Waals surface area contributed by atoms with Crippen LogP contribution < -0.4 is 5.30 Å². The first kappa shape index (κ1) is 6.63. The Labute approximate surface area is 54.1 Å². The molecule has 0 saturated heterocycles. The molecule has 0 unspecified atom stereocenters. The van der Waals surface area contributed by atoms with E-state index in [1.807, 2.05) is 0 Å². The third-order valence-electron chi connectivity index (χ3n) is 0.931. The number of hydrogen-bond acceptors (Lipinski definition) is 0. The van der Waals surface area contributed by atoms with Gasteiger partial charge in [-0.1, -0.05) is 12.1 Å². The molecule has 1 aromatic carbocycles. The highest BCUT2D eigenvalue weighted by Gasteiger charge is 2.01. The number of halogens is 2. The zero-order valence-corrected chi connectivity index (χ0v) is 5.33. The van der Waals surface area contributed by atoms with Crippen LogP contribution in [0.25, 0.3) is 0 Å². The van der Waals surface area contributed by atoms with Crippen LogP contribution >= 0.6 is 9.24 Å². The molecule has 0 amide bonds. The van der Waals surface area contributed by atoms with E-state index in [9.17, 15) is 8.78 Å². The van der Waals surface area contributed by atoms with Gasteiger partial charge in [-0.15, -0.1) is 0 Å². The lowest BCUT2D eigenvalue weighted by molar-refractivity contribution is 0.514. The third kappa shape index (κ3) is 1.25. The maximum absolute atomic E-state index is 12.3. The van der Waals surface area contributed by atoms with Crippen molar-refractivity contribution < 1.29 is 8.78 Å². The van der Waals surface area contributed by atoms with Gasteiger partial charge < -0.3 is 0 Å². The van der Waals surface area contributed by atoms with Crippen molar-refractivity contribution in [3.63, 3.8) is 0 Å². The van der Waals surface area contributed by atoms with Crippen molar-refractivity contribution in [2.45, 2.75) is 0 Å². The number of rotatable bonds is 0. The Bertz CT molecular complexity index is 202. The SMILES string of the molecule is Fc1cccc([P])c1F. The van der Waals surface area contributed by atoms with Crippen LogP contribution in [0, 0.1) is 11.6 Å². The van der Waals surface area contributed by atoms with Crippen LogP contribution in [0.1, 0.15) is 0 Å². The summed E-state index contributed by atoms with van der Waals surface area (Å²) in [5.41, 5.74) is 0. The maximum atomic E-state index is 12.3. The maximum Gasteiger partial charge on any atom is 0.167 e. The van der Waals surface area contributed by atoms with Crippen molar-refractivity contribution in [2.75, 3.05) is 0 Å². The molecule has 1 rings (SSSR count). The fourth-order valence-electron chi connectivity index (χ4n) is 0.492. The minimum atomic E-state index is -0.888. The molecule has 0 aliphatic carbocycles. The summed E-state index contributed by atoms with van der Waals surface area (Å²) in [5, 5.41) is 0.0370. The average Bonchev–Trinajstić information content (AvgIpc) is 1.83. The Hall–Kier alpha value is -0.490. The van der Waals surface area contributed by atoms with Crippen LogP contribution in [0.4, 0.5) is 8.78 Å². The van der Waals surface area contributed by atoms with Gasteiger partial charge in [-0.05, 0) is 15.3 Å². The number of benzene rings is 1. The van der Waals surface area contributed by atoms with Crippen LogP contribution in [0.3, 0.4) is 0 Å². The molecule has 1 aromatic rings. The van der Waals surface area contributed by atoms with Gasteiger partial charge in [0.15, 0.2) is 11.6 Å². The highest BCUT2D eigenvalue weighted by Crippen LogP contribution is 2.03. The topological polar surface area (TPSA) is 0 Å². The van der Waals surface area contributed by atoms with Gasteiger partial charge in [0.05, 0.1) is 0 Å². The quantitative estimate of drug-likeness (QED) is 0.488. The molecule has 46 valence electrons. The van der Waals surface area contributed by atoms with Gasteiger partial charge in [-0.25, -0.2) is 8.78 Å². The second kappa shape index (κ2) is 2.40. The van der Waals surface area contributed by atoms with Crippen LogP contribution in [-0.2, 0) is 0 Å². The normalized spacial score (nSPS) is 9.67. The van der Waals surface area contributed by atoms with E-state index >= 15 is 0 Å². The summed E-state index contributed by atoms with van der Waals surface area (Å²) >= 11 is 0. The molecule has 0 N–H and O–H groups in total. The molecule has 9 heavy (non-hydrogen) atoms. The summed E-state index contributed by atoms with van der Waals surface area (Å²) in [6.45, 7) is 0. The summed E-state index contributed by atoms with van der Waals surface area (Å²) in [4.78, 5) is 0. The molecule has 0 saturated carbocycles. The Morgan fingerprint density at radius 3 is 2.33 bits per heavy atom. The second-order valence-corrected chi connectivity index (χ2v) is 2.05. The van der Waals surface area contributed by atoms with E-state index in [-0.39, 0.29) is 5.30 Å². The summed E-state index contributed by atoms with van der Waals surface area (Å²) < 4.78 is 24.4. The lowest BCUT2D eigenvalue weighted by Gasteiger charge is -1.92. The molecule has 0 spiro atoms. The summed E-state index contributed by atoms with van der Waals surface area (Å²) in [5.74, 6) is -1.75. The van der Waals surface area contributed by atoms with Gasteiger partial charge in [0.1, 0.15) is 0 Å². The van der Waals surface area contributed by atoms with Gasteiger partial charge in [-0.2, -0.15) is 0 Å². The predicted molar refractivity (Wildman–Crippen MR) is 32.9 cm³/mol. The minimum Gasteiger partial charge on any atom is -0.204 e. The Kier molecular flexibility index (Phi) is 1.77. The standard InChI is InChI=1S/C6H3F2P/c7-4-2-1-3-5(9)6(4)8/h1-3H. The molecule has 0 atom stereocenters. The summed E-state index contributed by atoms with van der Waals surface area (Å²) in [6, 6.07) is 3.84. The Morgan fingerprint density at radius 2 is 1.89 bits per heavy atom. The minimum absolute atomic E-state index is 0.0370. The highest BCUT2D eigenvalue weighted by atomic mass is 31.0. The van der Waals surface area contributed by atoms with Gasteiger partial charge >= 0.3 is 0 Å². The summed E-state index contributed by atoms with van der Waals surface area (Å²) in [7, 11) is 3.65. The van der Waals surface area contributed by atoms with Crippen molar-refractivity contribution in [1.29, 1.82) is 0 Å². The second-order valence-electron chi connectivity index (χ2n) is 1.57. The fourth-order valence-corrected chi connectivity index (χ4v) is 0.685. The molecular formula is C6H3F2P. The van der Waals surface area contributed by atoms with Crippen molar-refractivity contribution in [3.8, 4) is 0 Å². The molecule has 0 aliphatic heterocycles. The summed E-state index contributed by atoms with van der Waals surface area (Å²) in [6.07, 6.45) is 0. The smallest absolute Gasteiger partial charge is 0.167 e. The van der Waals surface area contributed by atoms with Gasteiger partial charge in [0.25, 0.3) is 0 Å². The predicted octanol–water partition coefficient (Wildman–Crippen LogP) is 2.00. The molecular weight excluding hydrogens is 141 g/mol. The zero-order valence-electron chi connectivity index (χ0n) is 4.44. The first-order valence-corrected chi connectivity index (χ1v) is 2.79. The monoisotopic (exact) mass is 144 g/mol. The van der Waals surface area contributed by atoms with Crippen LogP contribution in [0.2, 0.25) is 0 Å². The molecule has 0 nitrogen and oxygen atoms in total. The molecule has 2 radical (unpaired) electrons. The lowest BCUT2D eigenvalue weighted by Crippen LogP contribution is -1.99. The van der Waals surface area contributed by atoms with Crippen LogP contribution in [0.5, 0.6) is 0 Å². The van der Waals surface area contributed by atoms with Crippen molar-refractivity contribution >= 4 is 14.5 Å². The molecule has 0 heterocycles. The zero-order chi connectivity index (χ0) is 6.85. The van der Waals surface area contributed by atoms with E-state index in [0.29, 0.717) is 0 Å². The fraction of sp³-hybridized carbons (Fsp3) is 0. The van der Waals surface area contributed by atoms with Crippen LogP contribution in [0.15, 0.2) is 18.2 Å². The lowest BCUT2D eigenvalue weighted by atomic mass is 10.3. The molecule has 0 bridgehead atoms. The van der Waals surface area contributed by atoms with Gasteiger partial charge in [0.2, 0.25) is 0 Å². The van der Waals surface area contributed by atoms with Gasteiger partial charge in [-0.3, -0.25) is 0 Å². The molecule has 0 aliphatic rings. The van der Waals surface area contributed by atoms with Crippen molar-refractivity contribution in [2.24, 2.45) is 0 Å². The highest BCUT2D eigenvalue weighted by molar-refractivity contribution is 7.27. The van der Waals surface area contributed by atoms with E-state index < -0.39 is 11.6 Å². The van der Waals surface area contributed by atoms with Crippen LogP contribution in [-0.4, -0.2) is 0 Å². The van der Waals surface area contributed by atoms with E-state index in [1.54, 1.807) is 0 Å². The molecule has 3 heteroatoms. The van der Waals surface area contributed by atoms with Crippen molar-refractivity contribution in [3.05, 3.63) is 29.8 Å². The average molecular weight is 144 g/mol. The molecule has 0 fully saturated rings. The third-order valence-corrected chi connectivity index (χ3v) is 1.28. The van der Waals surface area contributed by atoms with E-state index in [2.05, 4.69) is 9.24 Å².